The van der Waals surface area contributed by atoms with Gasteiger partial charge in [0.2, 0.25) is 11.8 Å². The second kappa shape index (κ2) is 6.38. The third-order valence-corrected chi connectivity index (χ3v) is 4.52. The van der Waals surface area contributed by atoms with Crippen LogP contribution in [0.3, 0.4) is 0 Å². The molecule has 0 saturated heterocycles. The Bertz CT molecular complexity index is 730. The molecule has 3 rings (SSSR count). The van der Waals surface area contributed by atoms with Crippen molar-refractivity contribution < 1.29 is 9.32 Å². The van der Waals surface area contributed by atoms with Gasteiger partial charge in [-0.15, -0.1) is 0 Å². The molecule has 1 N–H and O–H groups in total. The van der Waals surface area contributed by atoms with Gasteiger partial charge in [0, 0.05) is 18.3 Å². The van der Waals surface area contributed by atoms with Crippen LogP contribution in [0.5, 0.6) is 0 Å². The third kappa shape index (κ3) is 3.50. The first-order chi connectivity index (χ1) is 11.3. The number of amides is 1. The van der Waals surface area contributed by atoms with Crippen LogP contribution in [-0.2, 0) is 23.1 Å². The van der Waals surface area contributed by atoms with Crippen LogP contribution < -0.4 is 5.32 Å². The summed E-state index contributed by atoms with van der Waals surface area (Å²) in [6, 6.07) is 8.43. The van der Waals surface area contributed by atoms with Crippen LogP contribution in [0.2, 0.25) is 0 Å². The Kier molecular flexibility index (Phi) is 4.43. The van der Waals surface area contributed by atoms with Crippen molar-refractivity contribution in [2.75, 3.05) is 0 Å². The molecule has 1 amide bonds. The summed E-state index contributed by atoms with van der Waals surface area (Å²) in [6.45, 7) is 8.28. The van der Waals surface area contributed by atoms with Gasteiger partial charge in [0.05, 0.1) is 6.04 Å². The highest BCUT2D eigenvalue weighted by Gasteiger charge is 2.30. The van der Waals surface area contributed by atoms with E-state index in [1.807, 2.05) is 26.8 Å². The van der Waals surface area contributed by atoms with E-state index in [1.54, 1.807) is 0 Å². The lowest BCUT2D eigenvalue weighted by molar-refractivity contribution is -0.122. The van der Waals surface area contributed by atoms with E-state index in [2.05, 4.69) is 40.6 Å². The Morgan fingerprint density at radius 2 is 2.08 bits per heavy atom. The Morgan fingerprint density at radius 1 is 1.33 bits per heavy atom. The minimum absolute atomic E-state index is 0.0269. The first-order valence-corrected chi connectivity index (χ1v) is 8.55. The molecule has 128 valence electrons. The maximum atomic E-state index is 12.3. The Hall–Kier alpha value is -2.17. The molecule has 1 aliphatic rings. The second-order valence-corrected chi connectivity index (χ2v) is 7.69. The van der Waals surface area contributed by atoms with Crippen LogP contribution in [0.25, 0.3) is 0 Å². The molecule has 0 fully saturated rings. The third-order valence-electron chi connectivity index (χ3n) is 4.52. The van der Waals surface area contributed by atoms with Gasteiger partial charge in [-0.2, -0.15) is 4.98 Å². The van der Waals surface area contributed by atoms with Crippen LogP contribution in [-0.4, -0.2) is 16.0 Å². The monoisotopic (exact) mass is 327 g/mol. The zero-order chi connectivity index (χ0) is 17.3. The summed E-state index contributed by atoms with van der Waals surface area (Å²) >= 11 is 0. The van der Waals surface area contributed by atoms with E-state index >= 15 is 0 Å². The highest BCUT2D eigenvalue weighted by Crippen LogP contribution is 2.35. The summed E-state index contributed by atoms with van der Waals surface area (Å²) in [5, 5.41) is 7.16. The van der Waals surface area contributed by atoms with Crippen molar-refractivity contribution in [3.05, 3.63) is 47.1 Å². The number of benzene rings is 1. The van der Waals surface area contributed by atoms with Crippen molar-refractivity contribution in [3.63, 3.8) is 0 Å². The lowest BCUT2D eigenvalue weighted by Crippen LogP contribution is -2.30. The fourth-order valence-electron chi connectivity index (χ4n) is 3.14. The van der Waals surface area contributed by atoms with Gasteiger partial charge in [-0.05, 0) is 23.5 Å². The number of hydrogen-bond donors (Lipinski definition) is 1. The molecule has 24 heavy (non-hydrogen) atoms. The van der Waals surface area contributed by atoms with Crippen molar-refractivity contribution in [1.29, 1.82) is 0 Å². The van der Waals surface area contributed by atoms with E-state index in [1.165, 1.54) is 11.1 Å². The molecule has 0 bridgehead atoms. The number of rotatable bonds is 4. The van der Waals surface area contributed by atoms with Gasteiger partial charge >= 0.3 is 0 Å². The van der Waals surface area contributed by atoms with Crippen molar-refractivity contribution in [2.24, 2.45) is 5.92 Å². The average molecular weight is 327 g/mol. The molecule has 1 aliphatic carbocycles. The predicted octanol–water partition coefficient (Wildman–Crippen LogP) is 3.35. The molecule has 2 aromatic rings. The maximum absolute atomic E-state index is 12.3. The minimum Gasteiger partial charge on any atom is -0.349 e. The SMILES string of the molecule is C[C@@H]1Cc2ccccc2[C@H]1NC(=O)CCc1nc(C(C)(C)C)no1. The van der Waals surface area contributed by atoms with E-state index in [0.717, 1.165) is 6.42 Å². The van der Waals surface area contributed by atoms with Crippen molar-refractivity contribution in [3.8, 4) is 0 Å². The fourth-order valence-corrected chi connectivity index (χ4v) is 3.14. The number of hydrogen-bond acceptors (Lipinski definition) is 4. The molecule has 0 unspecified atom stereocenters. The van der Waals surface area contributed by atoms with Crippen LogP contribution in [0, 0.1) is 5.92 Å². The molecule has 0 spiro atoms. The van der Waals surface area contributed by atoms with Crippen LogP contribution in [0.15, 0.2) is 28.8 Å². The van der Waals surface area contributed by atoms with Crippen LogP contribution in [0.4, 0.5) is 0 Å². The number of carbonyl (C=O) groups is 1. The van der Waals surface area contributed by atoms with Gasteiger partial charge in [-0.25, -0.2) is 0 Å². The molecule has 5 nitrogen and oxygen atoms in total. The Morgan fingerprint density at radius 3 is 2.79 bits per heavy atom. The summed E-state index contributed by atoms with van der Waals surface area (Å²) in [4.78, 5) is 16.7. The first kappa shape index (κ1) is 16.7. The van der Waals surface area contributed by atoms with Crippen LogP contribution in [0.1, 0.15) is 63.0 Å². The van der Waals surface area contributed by atoms with E-state index in [4.69, 9.17) is 4.52 Å². The number of carbonyl (C=O) groups excluding carboxylic acids is 1. The van der Waals surface area contributed by atoms with Gasteiger partial charge in [0.15, 0.2) is 5.82 Å². The van der Waals surface area contributed by atoms with E-state index in [0.29, 0.717) is 30.5 Å². The quantitative estimate of drug-likeness (QED) is 0.935. The summed E-state index contributed by atoms with van der Waals surface area (Å²) in [5.74, 6) is 1.65. The van der Waals surface area contributed by atoms with E-state index < -0.39 is 0 Å². The maximum Gasteiger partial charge on any atom is 0.227 e. The van der Waals surface area contributed by atoms with Gasteiger partial charge in [0.1, 0.15) is 0 Å². The molecular weight excluding hydrogens is 302 g/mol. The summed E-state index contributed by atoms with van der Waals surface area (Å²) in [5.41, 5.74) is 2.43. The number of nitrogens with zero attached hydrogens (tertiary/aromatic N) is 2. The second-order valence-electron chi connectivity index (χ2n) is 7.69. The first-order valence-electron chi connectivity index (χ1n) is 8.55. The highest BCUT2D eigenvalue weighted by atomic mass is 16.5. The average Bonchev–Trinajstić information content (AvgIpc) is 3.11. The molecule has 1 heterocycles. The standard InChI is InChI=1S/C19H25N3O2/c1-12-11-13-7-5-6-8-14(13)17(12)20-15(23)9-10-16-21-18(22-24-16)19(2,3)4/h5-8,12,17H,9-11H2,1-4H3,(H,20,23)/t12-,17+/m1/s1. The molecular formula is C19H25N3O2. The molecule has 1 aromatic carbocycles. The van der Waals surface area contributed by atoms with Gasteiger partial charge in [-0.1, -0.05) is 57.1 Å². The van der Waals surface area contributed by atoms with Crippen molar-refractivity contribution in [1.82, 2.24) is 15.5 Å². The topological polar surface area (TPSA) is 68.0 Å². The molecule has 0 aliphatic heterocycles. The zero-order valence-corrected chi connectivity index (χ0v) is 14.8. The van der Waals surface area contributed by atoms with Gasteiger partial charge < -0.3 is 9.84 Å². The van der Waals surface area contributed by atoms with Gasteiger partial charge in [0.25, 0.3) is 0 Å². The number of aryl methyl sites for hydroxylation is 1. The largest absolute Gasteiger partial charge is 0.349 e. The molecule has 5 heteroatoms. The number of aromatic nitrogens is 2. The lowest BCUT2D eigenvalue weighted by atomic mass is 9.96. The molecule has 0 radical (unpaired) electrons. The van der Waals surface area contributed by atoms with Crippen molar-refractivity contribution in [2.45, 2.75) is 58.4 Å². The molecule has 2 atom stereocenters. The fraction of sp³-hybridized carbons (Fsp3) is 0.526. The molecule has 0 saturated carbocycles. The Balaban J connectivity index is 1.58. The lowest BCUT2D eigenvalue weighted by Gasteiger charge is -2.18. The highest BCUT2D eigenvalue weighted by molar-refractivity contribution is 5.76. The number of fused-ring (bicyclic) bond motifs is 1. The Labute approximate surface area is 142 Å². The van der Waals surface area contributed by atoms with Crippen LogP contribution >= 0.6 is 0 Å². The van der Waals surface area contributed by atoms with Gasteiger partial charge in [-0.3, -0.25) is 4.79 Å². The van der Waals surface area contributed by atoms with Crippen molar-refractivity contribution >= 4 is 5.91 Å². The minimum atomic E-state index is -0.146. The zero-order valence-electron chi connectivity index (χ0n) is 14.8. The summed E-state index contributed by atoms with van der Waals surface area (Å²) in [7, 11) is 0. The van der Waals surface area contributed by atoms with E-state index in [-0.39, 0.29) is 17.4 Å². The summed E-state index contributed by atoms with van der Waals surface area (Å²) in [6.07, 6.45) is 1.84. The van der Waals surface area contributed by atoms with E-state index in [9.17, 15) is 4.79 Å². The summed E-state index contributed by atoms with van der Waals surface area (Å²) < 4.78 is 5.25. The smallest absolute Gasteiger partial charge is 0.227 e. The molecule has 1 aromatic heterocycles. The normalized spacial score (nSPS) is 20.0. The predicted molar refractivity (Wildman–Crippen MR) is 91.5 cm³/mol. The number of nitrogens with one attached hydrogen (secondary N) is 1.